The number of benzene rings is 1. The molecule has 1 atom stereocenters. The molecule has 5 rings (SSSR count). The Kier molecular flexibility index (Phi) is 4.84. The molecule has 0 bridgehead atoms. The van der Waals surface area contributed by atoms with Crippen LogP contribution in [-0.4, -0.2) is 60.1 Å². The quantitative estimate of drug-likeness (QED) is 0.663. The van der Waals surface area contributed by atoms with Crippen LogP contribution in [0.3, 0.4) is 0 Å². The Balaban J connectivity index is 1.60. The van der Waals surface area contributed by atoms with Gasteiger partial charge in [-0.3, -0.25) is 19.5 Å². The summed E-state index contributed by atoms with van der Waals surface area (Å²) < 4.78 is 11.4. The van der Waals surface area contributed by atoms with Crippen LogP contribution >= 0.6 is 0 Å². The molecule has 1 aromatic carbocycles. The fourth-order valence-electron chi connectivity index (χ4n) is 4.28. The summed E-state index contributed by atoms with van der Waals surface area (Å²) in [6, 6.07) is 10.5. The number of amides is 1. The number of rotatable bonds is 4. The molecule has 3 aromatic rings. The first-order chi connectivity index (χ1) is 14.6. The smallest absolute Gasteiger partial charge is 0.291 e. The molecule has 0 saturated carbocycles. The number of aryl methyl sites for hydroxylation is 1. The zero-order valence-corrected chi connectivity index (χ0v) is 16.8. The zero-order valence-electron chi connectivity index (χ0n) is 16.8. The van der Waals surface area contributed by atoms with Gasteiger partial charge in [-0.2, -0.15) is 0 Å². The molecule has 4 heterocycles. The summed E-state index contributed by atoms with van der Waals surface area (Å²) in [7, 11) is 0. The first kappa shape index (κ1) is 19.0. The van der Waals surface area contributed by atoms with Gasteiger partial charge in [0.1, 0.15) is 11.6 Å². The first-order valence-corrected chi connectivity index (χ1v) is 10.2. The van der Waals surface area contributed by atoms with Gasteiger partial charge in [0.2, 0.25) is 5.76 Å². The maximum absolute atomic E-state index is 13.5. The van der Waals surface area contributed by atoms with Crippen LogP contribution in [0, 0.1) is 6.92 Å². The third kappa shape index (κ3) is 3.20. The van der Waals surface area contributed by atoms with Crippen molar-refractivity contribution in [2.45, 2.75) is 13.0 Å². The topological polar surface area (TPSA) is 75.9 Å². The van der Waals surface area contributed by atoms with Crippen LogP contribution < -0.4 is 5.43 Å². The number of morpholine rings is 1. The van der Waals surface area contributed by atoms with E-state index in [4.69, 9.17) is 9.15 Å². The summed E-state index contributed by atoms with van der Waals surface area (Å²) in [6.07, 6.45) is 1.69. The molecular formula is C23H23N3O4. The number of carbonyl (C=O) groups excluding carboxylic acids is 1. The van der Waals surface area contributed by atoms with E-state index in [9.17, 15) is 9.59 Å². The maximum atomic E-state index is 13.5. The van der Waals surface area contributed by atoms with Crippen LogP contribution in [0.4, 0.5) is 0 Å². The van der Waals surface area contributed by atoms with Crippen LogP contribution in [0.15, 0.2) is 51.8 Å². The largest absolute Gasteiger partial charge is 0.450 e. The first-order valence-electron chi connectivity index (χ1n) is 10.2. The average Bonchev–Trinajstić information content (AvgIpc) is 3.06. The Hall–Kier alpha value is -3.03. The fraction of sp³-hybridized carbons (Fsp3) is 0.348. The lowest BCUT2D eigenvalue weighted by Gasteiger charge is -2.30. The van der Waals surface area contributed by atoms with E-state index < -0.39 is 6.04 Å². The number of nitrogens with zero attached hydrogens (tertiary/aromatic N) is 3. The van der Waals surface area contributed by atoms with Crippen LogP contribution in [0.1, 0.15) is 33.4 Å². The molecule has 0 N–H and O–H groups in total. The molecule has 0 radical (unpaired) electrons. The average molecular weight is 405 g/mol. The van der Waals surface area contributed by atoms with Crippen molar-refractivity contribution >= 4 is 16.9 Å². The van der Waals surface area contributed by atoms with Crippen molar-refractivity contribution < 1.29 is 13.9 Å². The van der Waals surface area contributed by atoms with E-state index in [-0.39, 0.29) is 17.1 Å². The van der Waals surface area contributed by atoms with Crippen molar-refractivity contribution in [2.75, 3.05) is 39.4 Å². The monoisotopic (exact) mass is 405 g/mol. The molecule has 2 aromatic heterocycles. The van der Waals surface area contributed by atoms with Crippen LogP contribution in [0.5, 0.6) is 0 Å². The number of ether oxygens (including phenoxy) is 1. The molecular weight excluding hydrogens is 382 g/mol. The molecule has 1 unspecified atom stereocenters. The van der Waals surface area contributed by atoms with Gasteiger partial charge in [0.05, 0.1) is 29.9 Å². The van der Waals surface area contributed by atoms with Crippen molar-refractivity contribution in [3.63, 3.8) is 0 Å². The molecule has 154 valence electrons. The molecule has 0 spiro atoms. The Morgan fingerprint density at radius 2 is 1.93 bits per heavy atom. The van der Waals surface area contributed by atoms with Gasteiger partial charge in [-0.1, -0.05) is 17.7 Å². The van der Waals surface area contributed by atoms with Crippen molar-refractivity contribution in [2.24, 2.45) is 0 Å². The van der Waals surface area contributed by atoms with E-state index in [1.165, 1.54) is 0 Å². The van der Waals surface area contributed by atoms with Crippen molar-refractivity contribution in [1.82, 2.24) is 14.8 Å². The highest BCUT2D eigenvalue weighted by atomic mass is 16.5. The number of hydrogen-bond donors (Lipinski definition) is 0. The van der Waals surface area contributed by atoms with Crippen molar-refractivity contribution in [3.05, 3.63) is 75.4 Å². The number of hydrogen-bond acceptors (Lipinski definition) is 6. The molecule has 7 heteroatoms. The lowest BCUT2D eigenvalue weighted by atomic mass is 10.0. The maximum Gasteiger partial charge on any atom is 0.291 e. The van der Waals surface area contributed by atoms with Gasteiger partial charge < -0.3 is 14.1 Å². The van der Waals surface area contributed by atoms with E-state index in [1.807, 2.05) is 37.3 Å². The molecule has 2 aliphatic rings. The summed E-state index contributed by atoms with van der Waals surface area (Å²) in [5, 5.41) is 0.498. The lowest BCUT2D eigenvalue weighted by Crippen LogP contribution is -2.42. The minimum Gasteiger partial charge on any atom is -0.450 e. The fourth-order valence-corrected chi connectivity index (χ4v) is 4.28. The number of aromatic nitrogens is 1. The van der Waals surface area contributed by atoms with Gasteiger partial charge in [-0.05, 0) is 31.2 Å². The third-order valence-electron chi connectivity index (χ3n) is 5.85. The normalized spacial score (nSPS) is 19.4. The van der Waals surface area contributed by atoms with Gasteiger partial charge in [-0.15, -0.1) is 0 Å². The van der Waals surface area contributed by atoms with Crippen molar-refractivity contribution in [1.29, 1.82) is 0 Å². The number of fused-ring (bicyclic) bond motifs is 2. The Morgan fingerprint density at radius 3 is 2.70 bits per heavy atom. The van der Waals surface area contributed by atoms with Crippen LogP contribution in [-0.2, 0) is 4.74 Å². The Morgan fingerprint density at radius 1 is 1.10 bits per heavy atom. The summed E-state index contributed by atoms with van der Waals surface area (Å²) in [5.74, 6) is -0.123. The van der Waals surface area contributed by atoms with E-state index in [2.05, 4.69) is 9.88 Å². The second kappa shape index (κ2) is 7.66. The van der Waals surface area contributed by atoms with Crippen molar-refractivity contribution in [3.8, 4) is 0 Å². The van der Waals surface area contributed by atoms with Gasteiger partial charge in [0.15, 0.2) is 5.43 Å². The molecule has 0 aliphatic carbocycles. The van der Waals surface area contributed by atoms with E-state index in [1.54, 1.807) is 17.2 Å². The predicted molar refractivity (Wildman–Crippen MR) is 112 cm³/mol. The minimum absolute atomic E-state index is 0.133. The molecule has 30 heavy (non-hydrogen) atoms. The molecule has 1 fully saturated rings. The Bertz CT molecular complexity index is 1150. The highest BCUT2D eigenvalue weighted by Gasteiger charge is 2.43. The molecule has 7 nitrogen and oxygen atoms in total. The second-order valence-electron chi connectivity index (χ2n) is 7.78. The van der Waals surface area contributed by atoms with Gasteiger partial charge >= 0.3 is 0 Å². The van der Waals surface area contributed by atoms with E-state index in [0.29, 0.717) is 48.5 Å². The van der Waals surface area contributed by atoms with Gasteiger partial charge in [-0.25, -0.2) is 0 Å². The SMILES string of the molecule is Cc1ccc2oc3c(c(=O)c2c1)C(c1ccccn1)N(CCN1CCOCC1)C3=O. The number of carbonyl (C=O) groups is 1. The highest BCUT2D eigenvalue weighted by molar-refractivity contribution is 5.99. The molecule has 2 aliphatic heterocycles. The zero-order chi connectivity index (χ0) is 20.7. The predicted octanol–water partition coefficient (Wildman–Crippen LogP) is 2.37. The van der Waals surface area contributed by atoms with Crippen LogP contribution in [0.2, 0.25) is 0 Å². The minimum atomic E-state index is -0.545. The van der Waals surface area contributed by atoms with E-state index >= 15 is 0 Å². The summed E-state index contributed by atoms with van der Waals surface area (Å²) in [6.45, 7) is 6.19. The Labute approximate surface area is 173 Å². The van der Waals surface area contributed by atoms with E-state index in [0.717, 1.165) is 18.7 Å². The standard InChI is InChI=1S/C23H23N3O4/c1-15-5-6-18-16(14-15)21(27)19-20(17-4-2-3-7-24-17)26(23(28)22(19)30-18)9-8-25-10-12-29-13-11-25/h2-7,14,20H,8-13H2,1H3. The third-order valence-corrected chi connectivity index (χ3v) is 5.85. The van der Waals surface area contributed by atoms with Gasteiger partial charge in [0, 0.05) is 32.4 Å². The highest BCUT2D eigenvalue weighted by Crippen LogP contribution is 2.37. The lowest BCUT2D eigenvalue weighted by molar-refractivity contribution is 0.0314. The van der Waals surface area contributed by atoms with Gasteiger partial charge in [0.25, 0.3) is 5.91 Å². The summed E-state index contributed by atoms with van der Waals surface area (Å²) in [5.41, 5.74) is 2.31. The summed E-state index contributed by atoms with van der Waals surface area (Å²) >= 11 is 0. The van der Waals surface area contributed by atoms with Crippen LogP contribution in [0.25, 0.3) is 11.0 Å². The summed E-state index contributed by atoms with van der Waals surface area (Å²) in [4.78, 5) is 35.3. The number of pyridine rings is 1. The molecule has 1 saturated heterocycles. The second-order valence-corrected chi connectivity index (χ2v) is 7.78. The molecule has 1 amide bonds.